The van der Waals surface area contributed by atoms with Crippen LogP contribution in [0.15, 0.2) is 0 Å². The average molecular weight is 240 g/mol. The molecule has 2 N–H and O–H groups in total. The van der Waals surface area contributed by atoms with E-state index in [1.54, 1.807) is 0 Å². The molecule has 6 nitrogen and oxygen atoms in total. The molecule has 10 heteroatoms. The summed E-state index contributed by atoms with van der Waals surface area (Å²) in [5, 5.41) is 0. The summed E-state index contributed by atoms with van der Waals surface area (Å²) < 4.78 is 17.3. The van der Waals surface area contributed by atoms with Crippen molar-refractivity contribution in [3.8, 4) is 0 Å². The first-order valence-corrected chi connectivity index (χ1v) is 3.79. The number of rotatable bonds is 0. The Bertz CT molecular complexity index is 71.7. The standard InChI is InChI=1S/2K.2H3O3P/c;;2*1-4(2)3/h;;2*4H,(H2,1,2,3)/q2*+1;;/p-2. The van der Waals surface area contributed by atoms with Crippen LogP contribution in [0.2, 0.25) is 0 Å². The van der Waals surface area contributed by atoms with Crippen LogP contribution in [0, 0.1) is 0 Å². The van der Waals surface area contributed by atoms with Crippen LogP contribution in [0.1, 0.15) is 0 Å². The largest absolute Gasteiger partial charge is 1.00 e. The molecule has 0 spiro atoms. The van der Waals surface area contributed by atoms with Gasteiger partial charge >= 0.3 is 103 Å². The number of hydrogen-bond acceptors (Lipinski definition) is 4. The molecule has 0 rings (SSSR count). The van der Waals surface area contributed by atoms with Gasteiger partial charge in [-0.05, 0) is 0 Å². The average Bonchev–Trinajstić information content (AvgIpc) is 1.25. The summed E-state index contributed by atoms with van der Waals surface area (Å²) in [6.45, 7) is 0. The molecule has 0 aromatic rings. The van der Waals surface area contributed by atoms with Crippen molar-refractivity contribution in [2.45, 2.75) is 0 Å². The SMILES string of the molecule is O=[PH]([O-])O.O=[PH]([O-])O.[K+].[K+]. The van der Waals surface area contributed by atoms with E-state index in [1.807, 2.05) is 0 Å². The van der Waals surface area contributed by atoms with Gasteiger partial charge in [0.2, 0.25) is 0 Å². The summed E-state index contributed by atoms with van der Waals surface area (Å²) in [6, 6.07) is 0. The van der Waals surface area contributed by atoms with Crippen molar-refractivity contribution in [1.82, 2.24) is 0 Å². The Balaban J connectivity index is -0.0000000300. The molecule has 0 heterocycles. The van der Waals surface area contributed by atoms with Gasteiger partial charge in [0.15, 0.2) is 0 Å². The summed E-state index contributed by atoms with van der Waals surface area (Å²) in [6.07, 6.45) is 0. The summed E-state index contributed by atoms with van der Waals surface area (Å²) >= 11 is 0. The van der Waals surface area contributed by atoms with E-state index in [4.69, 9.17) is 28.7 Å². The van der Waals surface area contributed by atoms with Gasteiger partial charge in [-0.3, -0.25) is 0 Å². The van der Waals surface area contributed by atoms with Crippen LogP contribution in [-0.4, -0.2) is 9.79 Å². The molecule has 0 aliphatic rings. The third kappa shape index (κ3) is 101. The topological polar surface area (TPSA) is 121 Å². The third-order valence-electron chi connectivity index (χ3n) is 0. The number of hydrogen-bond donors (Lipinski definition) is 2. The fourth-order valence-corrected chi connectivity index (χ4v) is 0. The van der Waals surface area contributed by atoms with E-state index in [1.165, 1.54) is 0 Å². The molecule has 0 amide bonds. The van der Waals surface area contributed by atoms with Crippen molar-refractivity contribution < 1.29 is 131 Å². The van der Waals surface area contributed by atoms with Gasteiger partial charge < -0.3 is 28.7 Å². The summed E-state index contributed by atoms with van der Waals surface area (Å²) in [4.78, 5) is 31.4. The third-order valence-corrected chi connectivity index (χ3v) is 0. The van der Waals surface area contributed by atoms with Gasteiger partial charge in [-0.1, -0.05) is 0 Å². The molecule has 0 aromatic heterocycles. The maximum absolute atomic E-state index is 8.63. The molecule has 0 aliphatic carbocycles. The first-order chi connectivity index (χ1) is 3.46. The molecular weight excluding hydrogens is 236 g/mol. The zero-order valence-electron chi connectivity index (χ0n) is 5.53. The van der Waals surface area contributed by atoms with Crippen LogP contribution in [-0.2, 0) is 9.13 Å². The van der Waals surface area contributed by atoms with Gasteiger partial charge in [0, 0.05) is 0 Å². The van der Waals surface area contributed by atoms with E-state index in [-0.39, 0.29) is 103 Å². The van der Waals surface area contributed by atoms with Gasteiger partial charge in [0.05, 0.1) is 0 Å². The first kappa shape index (κ1) is 23.4. The van der Waals surface area contributed by atoms with Gasteiger partial charge in [-0.2, -0.15) is 0 Å². The molecule has 0 aromatic carbocycles. The zero-order chi connectivity index (χ0) is 7.15. The fraction of sp³-hybridized carbons (Fsp3) is 0. The minimum atomic E-state index is -3.38. The quantitative estimate of drug-likeness (QED) is 0.320. The van der Waals surface area contributed by atoms with Crippen LogP contribution >= 0.6 is 16.5 Å². The second-order valence-electron chi connectivity index (χ2n) is 0.532. The van der Waals surface area contributed by atoms with Crippen LogP contribution in [0.4, 0.5) is 0 Å². The second-order valence-corrected chi connectivity index (χ2v) is 1.60. The van der Waals surface area contributed by atoms with E-state index in [2.05, 4.69) is 0 Å². The Kier molecular flexibility index (Phi) is 43.0. The van der Waals surface area contributed by atoms with E-state index < -0.39 is 16.5 Å². The first-order valence-electron chi connectivity index (χ1n) is 1.26. The van der Waals surface area contributed by atoms with Crippen molar-refractivity contribution in [2.24, 2.45) is 0 Å². The Morgan fingerprint density at radius 1 is 0.900 bits per heavy atom. The molecule has 0 saturated heterocycles. The Morgan fingerprint density at radius 3 is 0.900 bits per heavy atom. The molecule has 0 bridgehead atoms. The molecule has 0 aliphatic heterocycles. The smallest absolute Gasteiger partial charge is 0.781 e. The normalized spacial score (nSPS) is 12.4. The predicted octanol–water partition coefficient (Wildman–Crippen LogP) is -8.53. The van der Waals surface area contributed by atoms with E-state index in [9.17, 15) is 0 Å². The van der Waals surface area contributed by atoms with Crippen molar-refractivity contribution in [1.29, 1.82) is 0 Å². The summed E-state index contributed by atoms with van der Waals surface area (Å²) in [5.41, 5.74) is 0. The monoisotopic (exact) mass is 240 g/mol. The van der Waals surface area contributed by atoms with Gasteiger partial charge in [-0.25, -0.2) is 0 Å². The van der Waals surface area contributed by atoms with Crippen LogP contribution in [0.3, 0.4) is 0 Å². The molecule has 0 saturated carbocycles. The van der Waals surface area contributed by atoms with E-state index in [0.29, 0.717) is 0 Å². The predicted molar refractivity (Wildman–Crippen MR) is 22.4 cm³/mol. The molecule has 2 atom stereocenters. The molecule has 0 fully saturated rings. The zero-order valence-corrected chi connectivity index (χ0v) is 13.8. The Hall–Kier alpha value is 3.57. The van der Waals surface area contributed by atoms with Crippen LogP contribution in [0.25, 0.3) is 0 Å². The molecule has 52 valence electrons. The Morgan fingerprint density at radius 2 is 0.900 bits per heavy atom. The Labute approximate surface area is 144 Å². The van der Waals surface area contributed by atoms with Crippen molar-refractivity contribution >= 4 is 16.5 Å². The van der Waals surface area contributed by atoms with E-state index >= 15 is 0 Å². The van der Waals surface area contributed by atoms with E-state index in [0.717, 1.165) is 0 Å². The minimum absolute atomic E-state index is 0. The van der Waals surface area contributed by atoms with Gasteiger partial charge in [0.25, 0.3) is 0 Å². The molecule has 0 radical (unpaired) electrons. The minimum Gasteiger partial charge on any atom is -0.781 e. The maximum Gasteiger partial charge on any atom is 1.00 e. The van der Waals surface area contributed by atoms with Crippen LogP contribution in [0.5, 0.6) is 0 Å². The van der Waals surface area contributed by atoms with Crippen molar-refractivity contribution in [3.05, 3.63) is 0 Å². The fourth-order valence-electron chi connectivity index (χ4n) is 0. The summed E-state index contributed by atoms with van der Waals surface area (Å²) in [5.74, 6) is 0. The van der Waals surface area contributed by atoms with Crippen molar-refractivity contribution in [3.63, 3.8) is 0 Å². The van der Waals surface area contributed by atoms with Crippen molar-refractivity contribution in [2.75, 3.05) is 0 Å². The maximum atomic E-state index is 8.63. The van der Waals surface area contributed by atoms with Crippen LogP contribution < -0.4 is 113 Å². The molecular formula is H4K2O6P2. The molecule has 10 heavy (non-hydrogen) atoms. The second kappa shape index (κ2) is 18.4. The van der Waals surface area contributed by atoms with Gasteiger partial charge in [0.1, 0.15) is 16.5 Å². The molecule has 2 unspecified atom stereocenters. The summed E-state index contributed by atoms with van der Waals surface area (Å²) in [7, 11) is -6.76. The van der Waals surface area contributed by atoms with Gasteiger partial charge in [-0.15, -0.1) is 0 Å².